The minimum atomic E-state index is -0.673. The van der Waals surface area contributed by atoms with Crippen LogP contribution in [0.4, 0.5) is 16.6 Å². The second-order valence-electron chi connectivity index (χ2n) is 10.4. The highest BCUT2D eigenvalue weighted by atomic mass is 16.5. The summed E-state index contributed by atoms with van der Waals surface area (Å²) in [6.07, 6.45) is 5.32. The molecule has 1 saturated heterocycles. The van der Waals surface area contributed by atoms with Crippen molar-refractivity contribution in [2.75, 3.05) is 44.5 Å². The van der Waals surface area contributed by atoms with Crippen LogP contribution in [-0.2, 0) is 11.3 Å². The molecular weight excluding hydrogens is 514 g/mol. The fraction of sp³-hybridized carbons (Fsp3) is 0.630. The van der Waals surface area contributed by atoms with Crippen LogP contribution < -0.4 is 15.4 Å². The lowest BCUT2D eigenvalue weighted by molar-refractivity contribution is 0.170. The molecule has 13 nitrogen and oxygen atoms in total. The summed E-state index contributed by atoms with van der Waals surface area (Å²) in [6, 6.07) is 2.51. The molecule has 4 rings (SSSR count). The van der Waals surface area contributed by atoms with Crippen LogP contribution in [0, 0.1) is 0 Å². The quantitative estimate of drug-likeness (QED) is 0.301. The number of hydrogen-bond acceptors (Lipinski definition) is 11. The van der Waals surface area contributed by atoms with Crippen molar-refractivity contribution in [1.82, 2.24) is 34.8 Å². The van der Waals surface area contributed by atoms with Crippen LogP contribution in [0.25, 0.3) is 11.0 Å². The lowest BCUT2D eigenvalue weighted by Gasteiger charge is -2.34. The van der Waals surface area contributed by atoms with Gasteiger partial charge in [-0.15, -0.1) is 5.10 Å². The largest absolute Gasteiger partial charge is 0.495 e. The van der Waals surface area contributed by atoms with E-state index in [0.717, 1.165) is 44.5 Å². The number of nitrogens with one attached hydrogen (secondary N) is 2. The molecule has 0 aliphatic carbocycles. The van der Waals surface area contributed by atoms with E-state index in [2.05, 4.69) is 61.6 Å². The molecule has 4 heterocycles. The summed E-state index contributed by atoms with van der Waals surface area (Å²) in [6.45, 7) is 8.96. The topological polar surface area (TPSA) is 152 Å². The predicted octanol–water partition coefficient (Wildman–Crippen LogP) is 3.40. The van der Waals surface area contributed by atoms with Gasteiger partial charge in [0.25, 0.3) is 0 Å². The van der Waals surface area contributed by atoms with Gasteiger partial charge in [-0.2, -0.15) is 15.2 Å². The van der Waals surface area contributed by atoms with Crippen LogP contribution in [0.3, 0.4) is 0 Å². The molecular formula is C27H41N9O4. The van der Waals surface area contributed by atoms with Crippen molar-refractivity contribution in [3.05, 3.63) is 23.7 Å². The Morgan fingerprint density at radius 2 is 1.95 bits per heavy atom. The van der Waals surface area contributed by atoms with Crippen molar-refractivity contribution >= 4 is 28.9 Å². The number of likely N-dealkylation sites (tertiary alicyclic amines) is 1. The van der Waals surface area contributed by atoms with Gasteiger partial charge in [-0.1, -0.05) is 13.3 Å². The number of amides is 1. The van der Waals surface area contributed by atoms with E-state index in [1.807, 2.05) is 6.07 Å². The highest BCUT2D eigenvalue weighted by Gasteiger charge is 2.25. The molecule has 13 heteroatoms. The first-order chi connectivity index (χ1) is 19.4. The Kier molecular flexibility index (Phi) is 10.0. The molecule has 1 aliphatic rings. The van der Waals surface area contributed by atoms with Crippen LogP contribution >= 0.6 is 0 Å². The molecule has 1 fully saturated rings. The second-order valence-corrected chi connectivity index (χ2v) is 10.4. The van der Waals surface area contributed by atoms with Crippen molar-refractivity contribution in [2.24, 2.45) is 0 Å². The fourth-order valence-electron chi connectivity index (χ4n) is 5.16. The number of carbonyl (C=O) groups is 1. The van der Waals surface area contributed by atoms with Gasteiger partial charge in [0.05, 0.1) is 32.7 Å². The highest BCUT2D eigenvalue weighted by molar-refractivity contribution is 5.89. The van der Waals surface area contributed by atoms with E-state index >= 15 is 0 Å². The zero-order valence-corrected chi connectivity index (χ0v) is 24.1. The molecule has 3 N–H and O–H groups in total. The number of nitrogens with zero attached hydrogens (tertiary/aromatic N) is 7. The average molecular weight is 556 g/mol. The maximum absolute atomic E-state index is 11.8. The van der Waals surface area contributed by atoms with Gasteiger partial charge in [0.1, 0.15) is 22.5 Å². The summed E-state index contributed by atoms with van der Waals surface area (Å²) in [7, 11) is 2.91. The molecule has 3 aromatic heterocycles. The zero-order valence-electron chi connectivity index (χ0n) is 24.1. The standard InChI is InChI=1S/C27H41N9O4/c1-6-7-19(10-13-37)29-25-24-21(30-26(31-25)32-27(38)40-5)15-28-36(24)16-22-23(39-4)14-20(33-34-22)18-8-11-35(12-9-18)17(2)3/h14-15,17-19,37H,6-13,16H2,1-5H3,(H2,29,30,31,32,38)/t19-/m0/s1. The number of aliphatic hydroxyl groups is 1. The van der Waals surface area contributed by atoms with Crippen molar-refractivity contribution in [2.45, 2.75) is 77.4 Å². The Bertz CT molecular complexity index is 1270. The Morgan fingerprint density at radius 1 is 1.18 bits per heavy atom. The third-order valence-corrected chi connectivity index (χ3v) is 7.39. The molecule has 218 valence electrons. The van der Waals surface area contributed by atoms with Gasteiger partial charge in [0.15, 0.2) is 5.82 Å². The summed E-state index contributed by atoms with van der Waals surface area (Å²) in [5.74, 6) is 1.58. The Morgan fingerprint density at radius 3 is 2.60 bits per heavy atom. The maximum atomic E-state index is 11.8. The normalized spacial score (nSPS) is 15.4. The van der Waals surface area contributed by atoms with E-state index in [-0.39, 0.29) is 25.1 Å². The molecule has 0 radical (unpaired) electrons. The number of fused-ring (bicyclic) bond motifs is 1. The molecule has 1 atom stereocenters. The number of ether oxygens (including phenoxy) is 2. The molecule has 1 amide bonds. The first kappa shape index (κ1) is 29.4. The minimum Gasteiger partial charge on any atom is -0.495 e. The highest BCUT2D eigenvalue weighted by Crippen LogP contribution is 2.31. The number of aliphatic hydroxyl groups excluding tert-OH is 1. The summed E-state index contributed by atoms with van der Waals surface area (Å²) >= 11 is 0. The SMILES string of the molecule is CCC[C@@H](CCO)Nc1nc(NC(=O)OC)nc2cnn(Cc3nnc(C4CCN(C(C)C)CC4)cc3OC)c12. The first-order valence-electron chi connectivity index (χ1n) is 14.0. The number of carbonyl (C=O) groups excluding carboxylic acids is 1. The Balaban J connectivity index is 1.64. The van der Waals surface area contributed by atoms with Crippen LogP contribution in [0.5, 0.6) is 5.75 Å². The lowest BCUT2D eigenvalue weighted by Crippen LogP contribution is -2.38. The van der Waals surface area contributed by atoms with E-state index < -0.39 is 6.09 Å². The monoisotopic (exact) mass is 555 g/mol. The van der Waals surface area contributed by atoms with E-state index in [4.69, 9.17) is 9.47 Å². The van der Waals surface area contributed by atoms with Gasteiger partial charge in [-0.25, -0.2) is 9.78 Å². The van der Waals surface area contributed by atoms with Crippen LogP contribution in [0.1, 0.15) is 70.2 Å². The lowest BCUT2D eigenvalue weighted by atomic mass is 9.92. The minimum absolute atomic E-state index is 0.0295. The molecule has 0 aromatic carbocycles. The summed E-state index contributed by atoms with van der Waals surface area (Å²) in [5, 5.41) is 29.2. The van der Waals surface area contributed by atoms with Crippen molar-refractivity contribution in [3.8, 4) is 5.75 Å². The molecule has 0 bridgehead atoms. The van der Waals surface area contributed by atoms with Gasteiger partial charge in [-0.3, -0.25) is 10.00 Å². The maximum Gasteiger partial charge on any atom is 0.413 e. The number of anilines is 2. The van der Waals surface area contributed by atoms with E-state index in [9.17, 15) is 9.90 Å². The van der Waals surface area contributed by atoms with E-state index in [1.165, 1.54) is 7.11 Å². The Hall–Kier alpha value is -3.58. The molecule has 1 aliphatic heterocycles. The van der Waals surface area contributed by atoms with Crippen LogP contribution in [0.15, 0.2) is 12.3 Å². The van der Waals surface area contributed by atoms with Gasteiger partial charge < -0.3 is 24.8 Å². The average Bonchev–Trinajstić information content (AvgIpc) is 3.36. The van der Waals surface area contributed by atoms with Crippen molar-refractivity contribution in [3.63, 3.8) is 0 Å². The van der Waals surface area contributed by atoms with Crippen molar-refractivity contribution < 1.29 is 19.4 Å². The fourth-order valence-corrected chi connectivity index (χ4v) is 5.16. The first-order valence-corrected chi connectivity index (χ1v) is 14.0. The van der Waals surface area contributed by atoms with Crippen molar-refractivity contribution in [1.29, 1.82) is 0 Å². The second kappa shape index (κ2) is 13.7. The van der Waals surface area contributed by atoms with Crippen LogP contribution in [0.2, 0.25) is 0 Å². The molecule has 0 saturated carbocycles. The molecule has 40 heavy (non-hydrogen) atoms. The number of hydrogen-bond donors (Lipinski definition) is 3. The summed E-state index contributed by atoms with van der Waals surface area (Å²) in [4.78, 5) is 23.3. The third kappa shape index (κ3) is 6.94. The van der Waals surface area contributed by atoms with Gasteiger partial charge in [0.2, 0.25) is 5.95 Å². The number of aromatic nitrogens is 6. The summed E-state index contributed by atoms with van der Waals surface area (Å²) in [5.41, 5.74) is 2.76. The van der Waals surface area contributed by atoms with E-state index in [0.29, 0.717) is 46.7 Å². The number of piperidine rings is 1. The van der Waals surface area contributed by atoms with Crippen LogP contribution in [-0.4, -0.2) is 92.0 Å². The van der Waals surface area contributed by atoms with Gasteiger partial charge in [0, 0.05) is 30.7 Å². The Labute approximate surface area is 234 Å². The smallest absolute Gasteiger partial charge is 0.413 e. The summed E-state index contributed by atoms with van der Waals surface area (Å²) < 4.78 is 12.2. The van der Waals surface area contributed by atoms with E-state index in [1.54, 1.807) is 18.0 Å². The molecule has 0 spiro atoms. The predicted molar refractivity (Wildman–Crippen MR) is 152 cm³/mol. The van der Waals surface area contributed by atoms with Gasteiger partial charge >= 0.3 is 6.09 Å². The number of methoxy groups -OCH3 is 2. The third-order valence-electron chi connectivity index (χ3n) is 7.39. The molecule has 3 aromatic rings. The van der Waals surface area contributed by atoms with Gasteiger partial charge in [-0.05, 0) is 52.6 Å². The molecule has 0 unspecified atom stereocenters. The zero-order chi connectivity index (χ0) is 28.6. The number of rotatable bonds is 12.